The standard InChI is InChI=1S/C16H17O6P/c17-23(18,19)22-15(13-7-3-1-4-8-13)16(20-11-12-21-16)14-9-5-2-6-10-14/h1-10,15H,11-12H2,(H2,17,18,19). The van der Waals surface area contributed by atoms with E-state index < -0.39 is 19.7 Å². The molecular weight excluding hydrogens is 319 g/mol. The summed E-state index contributed by atoms with van der Waals surface area (Å²) in [5.41, 5.74) is 1.20. The summed E-state index contributed by atoms with van der Waals surface area (Å²) < 4.78 is 28.2. The van der Waals surface area contributed by atoms with Crippen molar-refractivity contribution >= 4 is 7.82 Å². The van der Waals surface area contributed by atoms with Crippen LogP contribution in [0.1, 0.15) is 17.2 Å². The smallest absolute Gasteiger partial charge is 0.341 e. The fourth-order valence-electron chi connectivity index (χ4n) is 2.68. The topological polar surface area (TPSA) is 85.2 Å². The molecule has 1 unspecified atom stereocenters. The summed E-state index contributed by atoms with van der Waals surface area (Å²) in [5, 5.41) is 0. The van der Waals surface area contributed by atoms with Gasteiger partial charge in [-0.15, -0.1) is 0 Å². The summed E-state index contributed by atoms with van der Waals surface area (Å²) in [6, 6.07) is 17.8. The van der Waals surface area contributed by atoms with E-state index in [4.69, 9.17) is 14.0 Å². The molecule has 0 amide bonds. The van der Waals surface area contributed by atoms with E-state index >= 15 is 0 Å². The van der Waals surface area contributed by atoms with Gasteiger partial charge < -0.3 is 19.3 Å². The van der Waals surface area contributed by atoms with Crippen molar-refractivity contribution in [2.75, 3.05) is 13.2 Å². The fraction of sp³-hybridized carbons (Fsp3) is 0.250. The minimum atomic E-state index is -4.76. The van der Waals surface area contributed by atoms with Crippen LogP contribution in [0, 0.1) is 0 Å². The van der Waals surface area contributed by atoms with Crippen LogP contribution in [0.15, 0.2) is 60.7 Å². The Kier molecular flexibility index (Phi) is 4.64. The van der Waals surface area contributed by atoms with Crippen LogP contribution in [0.2, 0.25) is 0 Å². The molecule has 0 aliphatic carbocycles. The van der Waals surface area contributed by atoms with E-state index in [0.717, 1.165) is 0 Å². The maximum Gasteiger partial charge on any atom is 0.470 e. The first-order valence-electron chi connectivity index (χ1n) is 7.14. The number of benzene rings is 2. The molecule has 2 N–H and O–H groups in total. The first-order chi connectivity index (χ1) is 11.0. The molecule has 1 aliphatic rings. The zero-order valence-corrected chi connectivity index (χ0v) is 13.1. The van der Waals surface area contributed by atoms with Crippen molar-refractivity contribution in [1.29, 1.82) is 0 Å². The van der Waals surface area contributed by atoms with Gasteiger partial charge in [-0.3, -0.25) is 4.52 Å². The summed E-state index contributed by atoms with van der Waals surface area (Å²) in [6.45, 7) is 0.617. The Morgan fingerprint density at radius 2 is 1.48 bits per heavy atom. The lowest BCUT2D eigenvalue weighted by Crippen LogP contribution is -2.36. The van der Waals surface area contributed by atoms with E-state index in [9.17, 15) is 14.4 Å². The number of phosphoric ester groups is 1. The second-order valence-corrected chi connectivity index (χ2v) is 6.31. The highest BCUT2D eigenvalue weighted by atomic mass is 31.2. The lowest BCUT2D eigenvalue weighted by Gasteiger charge is -2.35. The lowest BCUT2D eigenvalue weighted by molar-refractivity contribution is -0.228. The van der Waals surface area contributed by atoms with Crippen molar-refractivity contribution in [1.82, 2.24) is 0 Å². The molecule has 2 aromatic carbocycles. The molecule has 1 saturated heterocycles. The average molecular weight is 336 g/mol. The van der Waals surface area contributed by atoms with E-state index in [-0.39, 0.29) is 0 Å². The normalized spacial score (nSPS) is 18.7. The van der Waals surface area contributed by atoms with E-state index in [1.807, 2.05) is 24.3 Å². The summed E-state index contributed by atoms with van der Waals surface area (Å²) in [7, 11) is -4.76. The summed E-state index contributed by atoms with van der Waals surface area (Å²) in [6.07, 6.45) is -1.10. The van der Waals surface area contributed by atoms with Crippen molar-refractivity contribution in [3.8, 4) is 0 Å². The molecule has 3 rings (SSSR count). The minimum absolute atomic E-state index is 0.308. The van der Waals surface area contributed by atoms with Crippen molar-refractivity contribution in [2.45, 2.75) is 11.9 Å². The van der Waals surface area contributed by atoms with Gasteiger partial charge in [0.15, 0.2) is 6.10 Å². The van der Waals surface area contributed by atoms with Crippen LogP contribution in [0.3, 0.4) is 0 Å². The molecule has 1 aliphatic heterocycles. The Hall–Kier alpha value is -1.53. The van der Waals surface area contributed by atoms with Gasteiger partial charge in [0.05, 0.1) is 13.2 Å². The molecular formula is C16H17O6P. The van der Waals surface area contributed by atoms with E-state index in [0.29, 0.717) is 24.3 Å². The molecule has 0 radical (unpaired) electrons. The molecule has 2 aromatic rings. The van der Waals surface area contributed by atoms with Gasteiger partial charge in [0, 0.05) is 5.56 Å². The van der Waals surface area contributed by atoms with Crippen LogP contribution in [0.4, 0.5) is 0 Å². The van der Waals surface area contributed by atoms with E-state index in [1.54, 1.807) is 36.4 Å². The third kappa shape index (κ3) is 3.53. The number of phosphoric acid groups is 1. The van der Waals surface area contributed by atoms with Gasteiger partial charge in [0.1, 0.15) is 0 Å². The second kappa shape index (κ2) is 6.53. The monoisotopic (exact) mass is 336 g/mol. The molecule has 0 aromatic heterocycles. The van der Waals surface area contributed by atoms with E-state index in [2.05, 4.69) is 0 Å². The molecule has 1 heterocycles. The second-order valence-electron chi connectivity index (χ2n) is 5.12. The van der Waals surface area contributed by atoms with Gasteiger partial charge in [0.2, 0.25) is 5.79 Å². The highest BCUT2D eigenvalue weighted by Crippen LogP contribution is 2.52. The maximum absolute atomic E-state index is 11.5. The Balaban J connectivity index is 2.11. The SMILES string of the molecule is O=P(O)(O)OC(c1ccccc1)C1(c2ccccc2)OCCO1. The van der Waals surface area contributed by atoms with Crippen molar-refractivity contribution in [3.63, 3.8) is 0 Å². The molecule has 7 heteroatoms. The molecule has 1 atom stereocenters. The van der Waals surface area contributed by atoms with Crippen LogP contribution in [-0.2, 0) is 24.3 Å². The third-order valence-corrected chi connectivity index (χ3v) is 4.07. The Labute approximate surface area is 133 Å². The molecule has 6 nitrogen and oxygen atoms in total. The van der Waals surface area contributed by atoms with Crippen LogP contribution >= 0.6 is 7.82 Å². The van der Waals surface area contributed by atoms with Crippen molar-refractivity contribution in [2.24, 2.45) is 0 Å². The first kappa shape index (κ1) is 16.3. The van der Waals surface area contributed by atoms with Gasteiger partial charge in [-0.25, -0.2) is 4.57 Å². The predicted octanol–water partition coefficient (Wildman–Crippen LogP) is 2.74. The van der Waals surface area contributed by atoms with Gasteiger partial charge in [-0.05, 0) is 5.56 Å². The minimum Gasteiger partial charge on any atom is -0.341 e. The molecule has 23 heavy (non-hydrogen) atoms. The van der Waals surface area contributed by atoms with Gasteiger partial charge in [-0.1, -0.05) is 60.7 Å². The molecule has 1 fully saturated rings. The first-order valence-corrected chi connectivity index (χ1v) is 8.67. The average Bonchev–Trinajstić information content (AvgIpc) is 3.04. The van der Waals surface area contributed by atoms with Crippen LogP contribution in [0.5, 0.6) is 0 Å². The molecule has 0 saturated carbocycles. The lowest BCUT2D eigenvalue weighted by atomic mass is 9.94. The van der Waals surface area contributed by atoms with Crippen molar-refractivity contribution < 1.29 is 28.3 Å². The van der Waals surface area contributed by atoms with Gasteiger partial charge in [-0.2, -0.15) is 0 Å². The highest BCUT2D eigenvalue weighted by Gasteiger charge is 2.50. The number of ether oxygens (including phenoxy) is 2. The van der Waals surface area contributed by atoms with Gasteiger partial charge >= 0.3 is 7.82 Å². The molecule has 0 spiro atoms. The number of hydrogen-bond donors (Lipinski definition) is 2. The van der Waals surface area contributed by atoms with Crippen LogP contribution < -0.4 is 0 Å². The molecule has 0 bridgehead atoms. The van der Waals surface area contributed by atoms with E-state index in [1.165, 1.54) is 0 Å². The van der Waals surface area contributed by atoms with Crippen molar-refractivity contribution in [3.05, 3.63) is 71.8 Å². The maximum atomic E-state index is 11.5. The molecule has 122 valence electrons. The fourth-order valence-corrected chi connectivity index (χ4v) is 3.22. The third-order valence-electron chi connectivity index (χ3n) is 3.58. The highest BCUT2D eigenvalue weighted by molar-refractivity contribution is 7.46. The number of rotatable bonds is 5. The summed E-state index contributed by atoms with van der Waals surface area (Å²) in [4.78, 5) is 18.7. The predicted molar refractivity (Wildman–Crippen MR) is 82.3 cm³/mol. The van der Waals surface area contributed by atoms with Crippen LogP contribution in [0.25, 0.3) is 0 Å². The quantitative estimate of drug-likeness (QED) is 0.817. The zero-order chi connectivity index (χ0) is 16.3. The largest absolute Gasteiger partial charge is 0.470 e. The van der Waals surface area contributed by atoms with Crippen LogP contribution in [-0.4, -0.2) is 23.0 Å². The van der Waals surface area contributed by atoms with Gasteiger partial charge in [0.25, 0.3) is 0 Å². The Morgan fingerprint density at radius 3 is 2.00 bits per heavy atom. The Bertz CT molecular complexity index is 678. The number of hydrogen-bond acceptors (Lipinski definition) is 4. The Morgan fingerprint density at radius 1 is 0.957 bits per heavy atom. The summed E-state index contributed by atoms with van der Waals surface area (Å²) in [5.74, 6) is -1.40. The summed E-state index contributed by atoms with van der Waals surface area (Å²) >= 11 is 0. The zero-order valence-electron chi connectivity index (χ0n) is 12.2.